The summed E-state index contributed by atoms with van der Waals surface area (Å²) in [5.74, 6) is 0.0441. The van der Waals surface area contributed by atoms with E-state index in [0.717, 1.165) is 12.0 Å². The van der Waals surface area contributed by atoms with Crippen molar-refractivity contribution in [3.05, 3.63) is 35.4 Å². The Morgan fingerprint density at radius 1 is 1.24 bits per heavy atom. The number of hydrogen-bond donors (Lipinski definition) is 0. The molecule has 0 aliphatic heterocycles. The van der Waals surface area contributed by atoms with E-state index in [1.54, 1.807) is 6.92 Å². The minimum Gasteiger partial charge on any atom is -0.365 e. The smallest absolute Gasteiger partial charge is 0.191 e. The molecule has 1 aromatic rings. The Balaban J connectivity index is 2.75. The van der Waals surface area contributed by atoms with Gasteiger partial charge in [0.15, 0.2) is 5.78 Å². The van der Waals surface area contributed by atoms with Gasteiger partial charge < -0.3 is 4.74 Å². The van der Waals surface area contributed by atoms with Gasteiger partial charge in [0.25, 0.3) is 0 Å². The molecule has 94 valence electrons. The Hall–Kier alpha value is -1.15. The van der Waals surface area contributed by atoms with E-state index in [4.69, 9.17) is 4.74 Å². The van der Waals surface area contributed by atoms with Crippen LogP contribution < -0.4 is 0 Å². The first-order chi connectivity index (χ1) is 7.83. The molecule has 2 nitrogen and oxygen atoms in total. The van der Waals surface area contributed by atoms with Crippen LogP contribution in [0.15, 0.2) is 24.3 Å². The van der Waals surface area contributed by atoms with Gasteiger partial charge in [0.1, 0.15) is 6.10 Å². The van der Waals surface area contributed by atoms with Gasteiger partial charge >= 0.3 is 0 Å². The number of hydrogen-bond acceptors (Lipinski definition) is 2. The van der Waals surface area contributed by atoms with Crippen molar-refractivity contribution in [2.45, 2.75) is 52.7 Å². The largest absolute Gasteiger partial charge is 0.365 e. The molecule has 2 heteroatoms. The highest BCUT2D eigenvalue weighted by Crippen LogP contribution is 2.15. The summed E-state index contributed by atoms with van der Waals surface area (Å²) >= 11 is 0. The summed E-state index contributed by atoms with van der Waals surface area (Å²) in [5.41, 5.74) is 1.67. The Labute approximate surface area is 104 Å². The van der Waals surface area contributed by atoms with Crippen LogP contribution in [0.25, 0.3) is 0 Å². The van der Waals surface area contributed by atoms with Crippen molar-refractivity contribution >= 4 is 5.78 Å². The number of carbonyl (C=O) groups is 1. The first kappa shape index (κ1) is 13.9. The molecule has 1 aromatic carbocycles. The van der Waals surface area contributed by atoms with E-state index < -0.39 is 6.10 Å². The Morgan fingerprint density at radius 2 is 1.76 bits per heavy atom. The highest BCUT2D eigenvalue weighted by molar-refractivity contribution is 5.99. The maximum absolute atomic E-state index is 12.1. The average molecular weight is 234 g/mol. The molecule has 0 radical (unpaired) electrons. The number of aryl methyl sites for hydroxylation is 1. The van der Waals surface area contributed by atoms with Gasteiger partial charge in [-0.25, -0.2) is 0 Å². The lowest BCUT2D eigenvalue weighted by Gasteiger charge is -2.24. The molecule has 0 N–H and O–H groups in total. The topological polar surface area (TPSA) is 26.3 Å². The van der Waals surface area contributed by atoms with E-state index in [9.17, 15) is 4.79 Å². The minimum absolute atomic E-state index is 0.0441. The van der Waals surface area contributed by atoms with Crippen molar-refractivity contribution in [1.82, 2.24) is 0 Å². The second-order valence-corrected chi connectivity index (χ2v) is 5.29. The van der Waals surface area contributed by atoms with Crippen molar-refractivity contribution in [3.8, 4) is 0 Å². The molecular weight excluding hydrogens is 212 g/mol. The number of ketones is 1. The molecule has 0 spiro atoms. The quantitative estimate of drug-likeness (QED) is 0.743. The van der Waals surface area contributed by atoms with Crippen molar-refractivity contribution < 1.29 is 9.53 Å². The number of rotatable bonds is 4. The van der Waals surface area contributed by atoms with Crippen molar-refractivity contribution in [1.29, 1.82) is 0 Å². The third-order valence-corrected chi connectivity index (χ3v) is 2.55. The summed E-state index contributed by atoms with van der Waals surface area (Å²) in [4.78, 5) is 12.1. The maximum Gasteiger partial charge on any atom is 0.191 e. The molecule has 0 amide bonds. The van der Waals surface area contributed by atoms with Crippen LogP contribution in [-0.2, 0) is 11.2 Å². The van der Waals surface area contributed by atoms with E-state index in [1.165, 1.54) is 5.56 Å². The number of carbonyl (C=O) groups excluding carboxylic acids is 1. The molecule has 0 aliphatic rings. The SMILES string of the molecule is CCc1ccc(C(=O)C(C)OC(C)(C)C)cc1. The van der Waals surface area contributed by atoms with Crippen molar-refractivity contribution in [3.63, 3.8) is 0 Å². The van der Waals surface area contributed by atoms with Crippen LogP contribution in [0.4, 0.5) is 0 Å². The Morgan fingerprint density at radius 3 is 2.18 bits per heavy atom. The molecule has 0 bridgehead atoms. The maximum atomic E-state index is 12.1. The van der Waals surface area contributed by atoms with Gasteiger partial charge in [-0.2, -0.15) is 0 Å². The molecule has 0 aliphatic carbocycles. The second-order valence-electron chi connectivity index (χ2n) is 5.29. The molecule has 1 unspecified atom stereocenters. The van der Waals surface area contributed by atoms with E-state index in [-0.39, 0.29) is 11.4 Å². The number of benzene rings is 1. The molecular formula is C15H22O2. The fourth-order valence-electron chi connectivity index (χ4n) is 1.72. The van der Waals surface area contributed by atoms with Crippen molar-refractivity contribution in [2.75, 3.05) is 0 Å². The van der Waals surface area contributed by atoms with Gasteiger partial charge in [0, 0.05) is 5.56 Å². The van der Waals surface area contributed by atoms with Crippen molar-refractivity contribution in [2.24, 2.45) is 0 Å². The van der Waals surface area contributed by atoms with E-state index >= 15 is 0 Å². The molecule has 1 rings (SSSR count). The third-order valence-electron chi connectivity index (χ3n) is 2.55. The zero-order valence-corrected chi connectivity index (χ0v) is 11.4. The third kappa shape index (κ3) is 4.31. The monoisotopic (exact) mass is 234 g/mol. The molecule has 0 aromatic heterocycles. The highest BCUT2D eigenvalue weighted by Gasteiger charge is 2.21. The van der Waals surface area contributed by atoms with Crippen LogP contribution in [0.5, 0.6) is 0 Å². The highest BCUT2D eigenvalue weighted by atomic mass is 16.5. The molecule has 0 saturated heterocycles. The van der Waals surface area contributed by atoms with Gasteiger partial charge in [-0.05, 0) is 39.7 Å². The van der Waals surface area contributed by atoms with Crippen LogP contribution in [0, 0.1) is 0 Å². The zero-order valence-electron chi connectivity index (χ0n) is 11.4. The number of Topliss-reactive ketones (excluding diaryl/α,β-unsaturated/α-hetero) is 1. The fraction of sp³-hybridized carbons (Fsp3) is 0.533. The molecule has 17 heavy (non-hydrogen) atoms. The standard InChI is InChI=1S/C15H22O2/c1-6-12-7-9-13(10-8-12)14(16)11(2)17-15(3,4)5/h7-11H,6H2,1-5H3. The summed E-state index contributed by atoms with van der Waals surface area (Å²) in [5, 5.41) is 0. The summed E-state index contributed by atoms with van der Waals surface area (Å²) in [7, 11) is 0. The van der Waals surface area contributed by atoms with Crippen LogP contribution in [-0.4, -0.2) is 17.5 Å². The minimum atomic E-state index is -0.400. The Bertz CT molecular complexity index is 371. The predicted octanol–water partition coefficient (Wildman–Crippen LogP) is 3.64. The van der Waals surface area contributed by atoms with E-state index in [1.807, 2.05) is 45.0 Å². The van der Waals surface area contributed by atoms with Crippen LogP contribution in [0.1, 0.15) is 50.5 Å². The first-order valence-corrected chi connectivity index (χ1v) is 6.14. The lowest BCUT2D eigenvalue weighted by atomic mass is 10.0. The molecule has 0 fully saturated rings. The molecule has 0 saturated carbocycles. The van der Waals surface area contributed by atoms with Gasteiger partial charge in [-0.15, -0.1) is 0 Å². The predicted molar refractivity (Wildman–Crippen MR) is 70.5 cm³/mol. The van der Waals surface area contributed by atoms with Crippen LogP contribution in [0.2, 0.25) is 0 Å². The normalized spacial score (nSPS) is 13.5. The van der Waals surface area contributed by atoms with Crippen LogP contribution in [0.3, 0.4) is 0 Å². The lowest BCUT2D eigenvalue weighted by Crippen LogP contribution is -2.31. The first-order valence-electron chi connectivity index (χ1n) is 6.14. The average Bonchev–Trinajstić information content (AvgIpc) is 2.26. The lowest BCUT2D eigenvalue weighted by molar-refractivity contribution is -0.0381. The summed E-state index contributed by atoms with van der Waals surface area (Å²) < 4.78 is 5.66. The summed E-state index contributed by atoms with van der Waals surface area (Å²) in [6.45, 7) is 9.77. The van der Waals surface area contributed by atoms with E-state index in [0.29, 0.717) is 0 Å². The second kappa shape index (κ2) is 5.46. The fourth-order valence-corrected chi connectivity index (χ4v) is 1.72. The molecule has 0 heterocycles. The summed E-state index contributed by atoms with van der Waals surface area (Å²) in [6.07, 6.45) is 0.588. The van der Waals surface area contributed by atoms with Crippen LogP contribution >= 0.6 is 0 Å². The zero-order chi connectivity index (χ0) is 13.1. The van der Waals surface area contributed by atoms with Gasteiger partial charge in [-0.1, -0.05) is 31.2 Å². The Kier molecular flexibility index (Phi) is 4.47. The van der Waals surface area contributed by atoms with E-state index in [2.05, 4.69) is 6.92 Å². The van der Waals surface area contributed by atoms with Gasteiger partial charge in [-0.3, -0.25) is 4.79 Å². The van der Waals surface area contributed by atoms with Gasteiger partial charge in [0.05, 0.1) is 5.60 Å². The summed E-state index contributed by atoms with van der Waals surface area (Å²) in [6, 6.07) is 7.75. The number of ether oxygens (including phenoxy) is 1. The van der Waals surface area contributed by atoms with Gasteiger partial charge in [0.2, 0.25) is 0 Å². The molecule has 1 atom stereocenters.